The molecule has 2 aromatic carbocycles. The van der Waals surface area contributed by atoms with Crippen LogP contribution in [0.1, 0.15) is 16.4 Å². The van der Waals surface area contributed by atoms with Crippen molar-refractivity contribution in [3.8, 4) is 11.4 Å². The number of ether oxygens (including phenoxy) is 1. The van der Waals surface area contributed by atoms with E-state index in [-0.39, 0.29) is 18.2 Å². The highest BCUT2D eigenvalue weighted by atomic mass is 79.9. The monoisotopic (exact) mass is 409 g/mol. The summed E-state index contributed by atoms with van der Waals surface area (Å²) in [7, 11) is 0. The predicted octanol–water partition coefficient (Wildman–Crippen LogP) is 4.40. The molecule has 2 aromatic heterocycles. The van der Waals surface area contributed by atoms with Crippen LogP contribution in [0.3, 0.4) is 0 Å². The van der Waals surface area contributed by atoms with Crippen molar-refractivity contribution in [3.05, 3.63) is 76.7 Å². The van der Waals surface area contributed by atoms with Crippen LogP contribution in [-0.4, -0.2) is 21.1 Å². The first-order valence-electron chi connectivity index (χ1n) is 7.80. The van der Waals surface area contributed by atoms with Crippen LogP contribution in [0.2, 0.25) is 0 Å². The Hall–Kier alpha value is -3.06. The van der Waals surface area contributed by atoms with Crippen LogP contribution >= 0.6 is 15.9 Å². The largest absolute Gasteiger partial charge is 0.451 e. The van der Waals surface area contributed by atoms with Crippen molar-refractivity contribution in [3.63, 3.8) is 0 Å². The molecular weight excluding hydrogens is 398 g/mol. The Balaban J connectivity index is 1.45. The van der Waals surface area contributed by atoms with Gasteiger partial charge in [0.1, 0.15) is 5.69 Å². The molecule has 0 unspecified atom stereocenters. The zero-order valence-corrected chi connectivity index (χ0v) is 15.0. The van der Waals surface area contributed by atoms with Crippen LogP contribution < -0.4 is 0 Å². The number of pyridine rings is 1. The minimum atomic E-state index is -0.542. The average Bonchev–Trinajstić information content (AvgIpc) is 3.15. The SMILES string of the molecule is O=C(OCc1nc(-c2ccc(Br)cc2)no1)c1ccc2ccccc2n1. The van der Waals surface area contributed by atoms with Gasteiger partial charge < -0.3 is 9.26 Å². The number of aromatic nitrogens is 3. The van der Waals surface area contributed by atoms with Crippen LogP contribution in [0, 0.1) is 0 Å². The van der Waals surface area contributed by atoms with Crippen molar-refractivity contribution in [2.45, 2.75) is 6.61 Å². The maximum atomic E-state index is 12.2. The first-order chi connectivity index (χ1) is 12.7. The lowest BCUT2D eigenvalue weighted by Crippen LogP contribution is -2.07. The van der Waals surface area contributed by atoms with Crippen molar-refractivity contribution in [2.24, 2.45) is 0 Å². The number of para-hydroxylation sites is 1. The highest BCUT2D eigenvalue weighted by Gasteiger charge is 2.14. The number of esters is 1. The van der Waals surface area contributed by atoms with Gasteiger partial charge in [-0.25, -0.2) is 9.78 Å². The number of carbonyl (C=O) groups excluding carboxylic acids is 1. The molecule has 0 bridgehead atoms. The first-order valence-corrected chi connectivity index (χ1v) is 8.60. The van der Waals surface area contributed by atoms with Gasteiger partial charge in [-0.05, 0) is 36.4 Å². The molecule has 6 nitrogen and oxygen atoms in total. The molecule has 2 heterocycles. The number of rotatable bonds is 4. The summed E-state index contributed by atoms with van der Waals surface area (Å²) in [6.45, 7) is -0.114. The smallest absolute Gasteiger partial charge is 0.357 e. The molecule has 4 aromatic rings. The van der Waals surface area contributed by atoms with Crippen molar-refractivity contribution in [1.29, 1.82) is 0 Å². The fourth-order valence-corrected chi connectivity index (χ4v) is 2.67. The second-order valence-electron chi connectivity index (χ2n) is 5.48. The molecule has 7 heteroatoms. The average molecular weight is 410 g/mol. The van der Waals surface area contributed by atoms with Gasteiger partial charge in [-0.1, -0.05) is 45.4 Å². The molecule has 0 fully saturated rings. The Labute approximate surface area is 157 Å². The third kappa shape index (κ3) is 3.48. The summed E-state index contributed by atoms with van der Waals surface area (Å²) in [5, 5.41) is 4.86. The van der Waals surface area contributed by atoms with Crippen molar-refractivity contribution in [2.75, 3.05) is 0 Å². The Bertz CT molecular complexity index is 1080. The molecule has 0 aliphatic carbocycles. The molecule has 0 saturated carbocycles. The molecule has 26 heavy (non-hydrogen) atoms. The van der Waals surface area contributed by atoms with E-state index in [0.717, 1.165) is 20.9 Å². The number of halogens is 1. The Morgan fingerprint density at radius 1 is 1.00 bits per heavy atom. The quantitative estimate of drug-likeness (QED) is 0.464. The minimum absolute atomic E-state index is 0.114. The van der Waals surface area contributed by atoms with E-state index in [1.165, 1.54) is 0 Å². The topological polar surface area (TPSA) is 78.1 Å². The van der Waals surface area contributed by atoms with Gasteiger partial charge >= 0.3 is 5.97 Å². The number of fused-ring (bicyclic) bond motifs is 1. The Morgan fingerprint density at radius 2 is 1.81 bits per heavy atom. The van der Waals surface area contributed by atoms with Crippen molar-refractivity contribution in [1.82, 2.24) is 15.1 Å². The maximum Gasteiger partial charge on any atom is 0.357 e. The lowest BCUT2D eigenvalue weighted by atomic mass is 10.2. The molecule has 0 spiro atoms. The molecule has 0 aliphatic rings. The van der Waals surface area contributed by atoms with E-state index >= 15 is 0 Å². The predicted molar refractivity (Wildman–Crippen MR) is 98.3 cm³/mol. The molecule has 0 N–H and O–H groups in total. The van der Waals surface area contributed by atoms with E-state index in [1.807, 2.05) is 54.6 Å². The summed E-state index contributed by atoms with van der Waals surface area (Å²) >= 11 is 3.37. The Kier molecular flexibility index (Phi) is 4.45. The van der Waals surface area contributed by atoms with E-state index in [9.17, 15) is 4.79 Å². The third-order valence-electron chi connectivity index (χ3n) is 3.70. The highest BCUT2D eigenvalue weighted by molar-refractivity contribution is 9.10. The molecule has 0 amide bonds. The lowest BCUT2D eigenvalue weighted by molar-refractivity contribution is 0.0423. The van der Waals surface area contributed by atoms with Crippen LogP contribution in [0.15, 0.2) is 69.7 Å². The van der Waals surface area contributed by atoms with Gasteiger partial charge in [-0.2, -0.15) is 4.98 Å². The Morgan fingerprint density at radius 3 is 2.65 bits per heavy atom. The van der Waals surface area contributed by atoms with Gasteiger partial charge in [-0.15, -0.1) is 0 Å². The number of carbonyl (C=O) groups is 1. The summed E-state index contributed by atoms with van der Waals surface area (Å²) in [5.41, 5.74) is 1.78. The summed E-state index contributed by atoms with van der Waals surface area (Å²) in [5.74, 6) is 0.114. The summed E-state index contributed by atoms with van der Waals surface area (Å²) in [6, 6.07) is 18.5. The lowest BCUT2D eigenvalue weighted by Gasteiger charge is -2.02. The number of benzene rings is 2. The number of nitrogens with zero attached hydrogens (tertiary/aromatic N) is 3. The van der Waals surface area contributed by atoms with E-state index < -0.39 is 5.97 Å². The second kappa shape index (κ2) is 7.05. The maximum absolute atomic E-state index is 12.2. The van der Waals surface area contributed by atoms with Gasteiger partial charge in [0.25, 0.3) is 5.89 Å². The molecule has 0 aliphatic heterocycles. The van der Waals surface area contributed by atoms with E-state index in [4.69, 9.17) is 9.26 Å². The van der Waals surface area contributed by atoms with Gasteiger partial charge in [0.15, 0.2) is 6.61 Å². The number of hydrogen-bond acceptors (Lipinski definition) is 6. The first kappa shape index (κ1) is 16.4. The van der Waals surface area contributed by atoms with E-state index in [1.54, 1.807) is 6.07 Å². The van der Waals surface area contributed by atoms with Crippen LogP contribution in [-0.2, 0) is 11.3 Å². The van der Waals surface area contributed by atoms with Crippen LogP contribution in [0.25, 0.3) is 22.3 Å². The summed E-state index contributed by atoms with van der Waals surface area (Å²) in [4.78, 5) is 20.7. The van der Waals surface area contributed by atoms with Crippen LogP contribution in [0.5, 0.6) is 0 Å². The molecule has 0 radical (unpaired) electrons. The fraction of sp³-hybridized carbons (Fsp3) is 0.0526. The van der Waals surface area contributed by atoms with E-state index in [2.05, 4.69) is 31.1 Å². The number of hydrogen-bond donors (Lipinski definition) is 0. The molecular formula is C19H12BrN3O3. The normalized spacial score (nSPS) is 10.8. The van der Waals surface area contributed by atoms with Gasteiger partial charge in [0, 0.05) is 15.4 Å². The van der Waals surface area contributed by atoms with Gasteiger partial charge in [0.05, 0.1) is 5.52 Å². The molecule has 128 valence electrons. The zero-order valence-electron chi connectivity index (χ0n) is 13.4. The third-order valence-corrected chi connectivity index (χ3v) is 4.23. The molecule has 0 saturated heterocycles. The molecule has 4 rings (SSSR count). The van der Waals surface area contributed by atoms with Crippen LogP contribution in [0.4, 0.5) is 0 Å². The molecule has 0 atom stereocenters. The highest BCUT2D eigenvalue weighted by Crippen LogP contribution is 2.19. The van der Waals surface area contributed by atoms with Crippen molar-refractivity contribution < 1.29 is 14.1 Å². The van der Waals surface area contributed by atoms with E-state index in [0.29, 0.717) is 5.82 Å². The zero-order chi connectivity index (χ0) is 17.9. The van der Waals surface area contributed by atoms with Crippen molar-refractivity contribution >= 4 is 32.8 Å². The standard InChI is InChI=1S/C19H12BrN3O3/c20-14-8-5-13(6-9-14)18-22-17(26-23-18)11-25-19(24)16-10-7-12-3-1-2-4-15(12)21-16/h1-10H,11H2. The summed E-state index contributed by atoms with van der Waals surface area (Å²) in [6.07, 6.45) is 0. The second-order valence-corrected chi connectivity index (χ2v) is 6.40. The van der Waals surface area contributed by atoms with Gasteiger partial charge in [-0.3, -0.25) is 0 Å². The summed E-state index contributed by atoms with van der Waals surface area (Å²) < 4.78 is 11.3. The minimum Gasteiger partial charge on any atom is -0.451 e. The van der Waals surface area contributed by atoms with Gasteiger partial charge in [0.2, 0.25) is 5.82 Å². The fourth-order valence-electron chi connectivity index (χ4n) is 2.41.